The van der Waals surface area contributed by atoms with Crippen LogP contribution in [0.2, 0.25) is 0 Å². The van der Waals surface area contributed by atoms with Crippen LogP contribution in [0.4, 0.5) is 4.39 Å². The number of ether oxygens (including phenoxy) is 1. The fourth-order valence-corrected chi connectivity index (χ4v) is 2.51. The van der Waals surface area contributed by atoms with Crippen LogP contribution in [0.5, 0.6) is 5.75 Å². The molecule has 0 bridgehead atoms. The molecule has 0 saturated carbocycles. The van der Waals surface area contributed by atoms with E-state index in [9.17, 15) is 12.8 Å². The number of primary sulfonamides is 1. The minimum absolute atomic E-state index is 0.0785. The van der Waals surface area contributed by atoms with Gasteiger partial charge in [0.15, 0.2) is 0 Å². The van der Waals surface area contributed by atoms with Crippen LogP contribution in [0.25, 0.3) is 0 Å². The third-order valence-corrected chi connectivity index (χ3v) is 3.63. The highest BCUT2D eigenvalue weighted by atomic mass is 32.2. The van der Waals surface area contributed by atoms with Crippen molar-refractivity contribution in [3.05, 3.63) is 23.8 Å². The molecular weight excluding hydrogens is 257 g/mol. The summed E-state index contributed by atoms with van der Waals surface area (Å²) in [6.07, 6.45) is 0.514. The number of rotatable bonds is 6. The number of alkyl halides is 1. The normalized spacial score (nSPS) is 13.3. The van der Waals surface area contributed by atoms with Crippen LogP contribution in [0, 0.1) is 0 Å². The second kappa shape index (κ2) is 6.15. The fourth-order valence-electron chi connectivity index (χ4n) is 1.73. The third kappa shape index (κ3) is 4.27. The molecule has 1 atom stereocenters. The third-order valence-electron chi connectivity index (χ3n) is 2.62. The van der Waals surface area contributed by atoms with Crippen LogP contribution in [-0.4, -0.2) is 21.7 Å². The molecule has 0 spiro atoms. The molecule has 2 N–H and O–H groups in total. The highest BCUT2D eigenvalue weighted by Gasteiger charge is 2.14. The Balaban J connectivity index is 2.98. The molecule has 0 aliphatic heterocycles. The number of hydrogen-bond donors (Lipinski definition) is 1. The molecule has 102 valence electrons. The van der Waals surface area contributed by atoms with E-state index in [-0.39, 0.29) is 4.90 Å². The molecule has 1 aromatic carbocycles. The minimum atomic E-state index is -3.76. The maximum absolute atomic E-state index is 12.7. The Kier molecular flexibility index (Phi) is 5.10. The van der Waals surface area contributed by atoms with Crippen molar-refractivity contribution in [3.8, 4) is 5.75 Å². The van der Waals surface area contributed by atoms with E-state index in [4.69, 9.17) is 9.88 Å². The maximum Gasteiger partial charge on any atom is 0.238 e. The lowest BCUT2D eigenvalue weighted by molar-refractivity contribution is 0.334. The SMILES string of the molecule is COc1ccc(S(N)(=O)=O)c(CCCC(C)F)c1. The molecule has 1 rings (SSSR count). The minimum Gasteiger partial charge on any atom is -0.497 e. The van der Waals surface area contributed by atoms with Crippen LogP contribution >= 0.6 is 0 Å². The molecule has 0 radical (unpaired) electrons. The zero-order valence-corrected chi connectivity index (χ0v) is 11.3. The van der Waals surface area contributed by atoms with Crippen LogP contribution < -0.4 is 9.88 Å². The van der Waals surface area contributed by atoms with E-state index in [1.807, 2.05) is 0 Å². The van der Waals surface area contributed by atoms with Crippen molar-refractivity contribution < 1.29 is 17.5 Å². The van der Waals surface area contributed by atoms with Gasteiger partial charge >= 0.3 is 0 Å². The lowest BCUT2D eigenvalue weighted by Crippen LogP contribution is -2.14. The van der Waals surface area contributed by atoms with Crippen molar-refractivity contribution in [2.24, 2.45) is 5.14 Å². The second-order valence-corrected chi connectivity index (χ2v) is 5.72. The van der Waals surface area contributed by atoms with Gasteiger partial charge < -0.3 is 4.74 Å². The Morgan fingerprint density at radius 3 is 2.61 bits per heavy atom. The molecule has 18 heavy (non-hydrogen) atoms. The van der Waals surface area contributed by atoms with Gasteiger partial charge in [0.1, 0.15) is 5.75 Å². The van der Waals surface area contributed by atoms with Gasteiger partial charge in [-0.15, -0.1) is 0 Å². The van der Waals surface area contributed by atoms with Crippen LogP contribution in [0.1, 0.15) is 25.3 Å². The predicted octanol–water partition coefficient (Wildman–Crippen LogP) is 2.02. The van der Waals surface area contributed by atoms with E-state index in [1.165, 1.54) is 20.1 Å². The molecule has 0 fully saturated rings. The highest BCUT2D eigenvalue weighted by Crippen LogP contribution is 2.23. The number of methoxy groups -OCH3 is 1. The van der Waals surface area contributed by atoms with Crippen LogP contribution in [0.3, 0.4) is 0 Å². The zero-order valence-electron chi connectivity index (χ0n) is 10.5. The lowest BCUT2D eigenvalue weighted by atomic mass is 10.1. The van der Waals surface area contributed by atoms with Gasteiger partial charge in [0.05, 0.1) is 18.2 Å². The predicted molar refractivity (Wildman–Crippen MR) is 67.9 cm³/mol. The Morgan fingerprint density at radius 1 is 1.44 bits per heavy atom. The van der Waals surface area contributed by atoms with E-state index < -0.39 is 16.2 Å². The second-order valence-electron chi connectivity index (χ2n) is 4.19. The zero-order chi connectivity index (χ0) is 13.8. The van der Waals surface area contributed by atoms with Crippen molar-refractivity contribution in [1.82, 2.24) is 0 Å². The molecule has 6 heteroatoms. The number of nitrogens with two attached hydrogens (primary N) is 1. The first-order valence-corrected chi connectivity index (χ1v) is 7.23. The molecule has 0 heterocycles. The molecule has 4 nitrogen and oxygen atoms in total. The summed E-state index contributed by atoms with van der Waals surface area (Å²) in [4.78, 5) is 0.0785. The Labute approximate surface area is 107 Å². The Bertz CT molecular complexity index is 500. The molecule has 1 unspecified atom stereocenters. The van der Waals surface area contributed by atoms with Gasteiger partial charge in [-0.05, 0) is 49.9 Å². The quantitative estimate of drug-likeness (QED) is 0.863. The van der Waals surface area contributed by atoms with Crippen molar-refractivity contribution in [3.63, 3.8) is 0 Å². The number of halogens is 1. The summed E-state index contributed by atoms with van der Waals surface area (Å²) in [5.74, 6) is 0.561. The summed E-state index contributed by atoms with van der Waals surface area (Å²) in [6.45, 7) is 1.48. The van der Waals surface area contributed by atoms with E-state index in [2.05, 4.69) is 0 Å². The van der Waals surface area contributed by atoms with Gasteiger partial charge in [0, 0.05) is 0 Å². The molecule has 0 aliphatic rings. The standard InChI is InChI=1S/C12H18FNO3S/c1-9(13)4-3-5-10-8-11(17-2)6-7-12(10)18(14,15)16/h6-9H,3-5H2,1-2H3,(H2,14,15,16). The number of hydrogen-bond acceptors (Lipinski definition) is 3. The van der Waals surface area contributed by atoms with E-state index in [0.717, 1.165) is 0 Å². The lowest BCUT2D eigenvalue weighted by Gasteiger charge is -2.10. The summed E-state index contributed by atoms with van der Waals surface area (Å²) in [6, 6.07) is 4.59. The fraction of sp³-hybridized carbons (Fsp3) is 0.500. The van der Waals surface area contributed by atoms with Gasteiger partial charge in [-0.2, -0.15) is 0 Å². The first-order valence-electron chi connectivity index (χ1n) is 5.68. The van der Waals surface area contributed by atoms with Gasteiger partial charge in [-0.1, -0.05) is 0 Å². The molecule has 1 aromatic rings. The first kappa shape index (κ1) is 14.9. The summed E-state index contributed by atoms with van der Waals surface area (Å²) < 4.78 is 40.6. The number of aryl methyl sites for hydroxylation is 1. The number of sulfonamides is 1. The van der Waals surface area contributed by atoms with Gasteiger partial charge in [0.2, 0.25) is 10.0 Å². The Morgan fingerprint density at radius 2 is 2.11 bits per heavy atom. The average Bonchev–Trinajstić information content (AvgIpc) is 2.27. The molecule has 0 saturated heterocycles. The summed E-state index contributed by atoms with van der Waals surface area (Å²) in [7, 11) is -2.26. The molecule has 0 aliphatic carbocycles. The average molecular weight is 275 g/mol. The van der Waals surface area contributed by atoms with Crippen molar-refractivity contribution in [2.45, 2.75) is 37.3 Å². The monoisotopic (exact) mass is 275 g/mol. The summed E-state index contributed by atoms with van der Waals surface area (Å²) in [5, 5.41) is 5.14. The van der Waals surface area contributed by atoms with E-state index in [0.29, 0.717) is 30.6 Å². The topological polar surface area (TPSA) is 69.4 Å². The van der Waals surface area contributed by atoms with Gasteiger partial charge in [-0.25, -0.2) is 17.9 Å². The summed E-state index contributed by atoms with van der Waals surface area (Å²) >= 11 is 0. The molecule has 0 amide bonds. The van der Waals surface area contributed by atoms with Crippen molar-refractivity contribution >= 4 is 10.0 Å². The van der Waals surface area contributed by atoms with Crippen LogP contribution in [0.15, 0.2) is 23.1 Å². The summed E-state index contributed by atoms with van der Waals surface area (Å²) in [5.41, 5.74) is 0.567. The molecule has 0 aromatic heterocycles. The number of benzene rings is 1. The van der Waals surface area contributed by atoms with Gasteiger partial charge in [-0.3, -0.25) is 0 Å². The largest absolute Gasteiger partial charge is 0.497 e. The first-order chi connectivity index (χ1) is 8.34. The van der Waals surface area contributed by atoms with E-state index >= 15 is 0 Å². The van der Waals surface area contributed by atoms with Crippen molar-refractivity contribution in [2.75, 3.05) is 7.11 Å². The maximum atomic E-state index is 12.7. The van der Waals surface area contributed by atoms with Crippen LogP contribution in [-0.2, 0) is 16.4 Å². The Hall–Kier alpha value is -1.14. The molecular formula is C12H18FNO3S. The highest BCUT2D eigenvalue weighted by molar-refractivity contribution is 7.89. The smallest absolute Gasteiger partial charge is 0.238 e. The van der Waals surface area contributed by atoms with E-state index in [1.54, 1.807) is 12.1 Å². The van der Waals surface area contributed by atoms with Gasteiger partial charge in [0.25, 0.3) is 0 Å². The van der Waals surface area contributed by atoms with Crippen molar-refractivity contribution in [1.29, 1.82) is 0 Å².